The second-order valence-electron chi connectivity index (χ2n) is 15.6. The zero-order valence-electron chi connectivity index (χ0n) is 37.5. The van der Waals surface area contributed by atoms with Crippen LogP contribution in [0.1, 0.15) is 136 Å². The Hall–Kier alpha value is -2.60. The van der Waals surface area contributed by atoms with E-state index in [9.17, 15) is 49.1 Å². The maximum Gasteiger partial charge on any atom is 0.472 e. The van der Waals surface area contributed by atoms with Gasteiger partial charge < -0.3 is 49.7 Å². The number of ether oxygens (including phenoxy) is 2. The normalized spacial score (nSPS) is 23.0. The first-order chi connectivity index (χ1) is 30.5. The van der Waals surface area contributed by atoms with Crippen molar-refractivity contribution in [3.63, 3.8) is 0 Å². The van der Waals surface area contributed by atoms with E-state index >= 15 is 0 Å². The Kier molecular flexibility index (Phi) is 33.0. The average molecular weight is 951 g/mol. The third-order valence-electron chi connectivity index (χ3n) is 9.84. The van der Waals surface area contributed by atoms with Gasteiger partial charge in [-0.05, 0) is 70.6 Å². The fraction of sp³-hybridized carbons (Fsp3) is 0.689. The van der Waals surface area contributed by atoms with Gasteiger partial charge in [-0.25, -0.2) is 9.13 Å². The number of esters is 2. The van der Waals surface area contributed by atoms with Crippen LogP contribution in [-0.2, 0) is 41.8 Å². The smallest absolute Gasteiger partial charge is 0.462 e. The van der Waals surface area contributed by atoms with E-state index in [2.05, 4.69) is 23.6 Å². The Bertz CT molecular complexity index is 1540. The number of carbonyl (C=O) groups is 2. The highest BCUT2D eigenvalue weighted by atomic mass is 31.2. The van der Waals surface area contributed by atoms with Gasteiger partial charge in [0.05, 0.1) is 12.7 Å². The number of phosphoric acid groups is 2. The van der Waals surface area contributed by atoms with Gasteiger partial charge in [-0.1, -0.05) is 125 Å². The molecule has 0 aromatic carbocycles. The van der Waals surface area contributed by atoms with Crippen molar-refractivity contribution in [2.45, 2.75) is 185 Å². The van der Waals surface area contributed by atoms with Crippen LogP contribution in [-0.4, -0.2) is 114 Å². The van der Waals surface area contributed by atoms with Crippen molar-refractivity contribution in [3.05, 3.63) is 72.9 Å². The molecule has 0 aromatic rings. The average Bonchev–Trinajstić information content (AvgIpc) is 3.24. The topological polar surface area (TPSA) is 276 Å². The third kappa shape index (κ3) is 29.8. The molecule has 0 heterocycles. The van der Waals surface area contributed by atoms with Gasteiger partial charge in [0.2, 0.25) is 0 Å². The predicted molar refractivity (Wildman–Crippen MR) is 242 cm³/mol. The maximum absolute atomic E-state index is 13.0. The minimum absolute atomic E-state index is 0.0570. The van der Waals surface area contributed by atoms with E-state index in [4.69, 9.17) is 28.3 Å². The molecule has 1 saturated carbocycles. The standard InChI is InChI=1S/C45H76O17P2/c1-3-5-7-8-9-10-11-12-16-19-22-25-28-32-38(47)58-34-37(35-59-64(56,57)62-45-42(51)40(49)41(50)44(43(45)52)61-63(53,54)55)60-39(48)33-29-26-23-20-17-14-13-15-18-21-24-27-31-36(46)30-6-4-2/h6,10-11,13-14,18,20-21,23-24,27,30,36-37,40-46,49-52H,3-5,7-9,12,15-17,19,22,25-26,28-29,31-35H2,1-2H3,(H,56,57)(H2,53,54,55)/b11-10-,14-13-,21-18-,23-20-,27-24+,30-6-/t36?,37-,40?,41?,42?,43?,44-,45+/m1/s1. The number of aliphatic hydroxyl groups excluding tert-OH is 5. The molecular formula is C45H76O17P2. The number of phosphoric ester groups is 2. The first kappa shape index (κ1) is 59.4. The second-order valence-corrected chi connectivity index (χ2v) is 18.2. The largest absolute Gasteiger partial charge is 0.472 e. The van der Waals surface area contributed by atoms with E-state index < -0.39 is 89.6 Å². The van der Waals surface area contributed by atoms with Gasteiger partial charge >= 0.3 is 27.6 Å². The summed E-state index contributed by atoms with van der Waals surface area (Å²) in [5.74, 6) is -1.31. The van der Waals surface area contributed by atoms with Gasteiger partial charge in [0.25, 0.3) is 0 Å². The van der Waals surface area contributed by atoms with Crippen molar-refractivity contribution < 1.29 is 82.0 Å². The van der Waals surface area contributed by atoms with Crippen molar-refractivity contribution in [3.8, 4) is 0 Å². The Morgan fingerprint density at radius 3 is 1.80 bits per heavy atom. The Balaban J connectivity index is 2.69. The highest BCUT2D eigenvalue weighted by molar-refractivity contribution is 7.47. The Morgan fingerprint density at radius 2 is 1.14 bits per heavy atom. The summed E-state index contributed by atoms with van der Waals surface area (Å²) < 4.78 is 49.2. The lowest BCUT2D eigenvalue weighted by Gasteiger charge is -2.43. The summed E-state index contributed by atoms with van der Waals surface area (Å²) in [6.45, 7) is 2.78. The molecule has 1 aliphatic carbocycles. The van der Waals surface area contributed by atoms with E-state index in [1.54, 1.807) is 6.08 Å². The van der Waals surface area contributed by atoms with E-state index in [0.717, 1.165) is 51.4 Å². The molecule has 6 unspecified atom stereocenters. The van der Waals surface area contributed by atoms with Crippen LogP contribution in [0, 0.1) is 0 Å². The molecule has 17 nitrogen and oxygen atoms in total. The lowest BCUT2D eigenvalue weighted by molar-refractivity contribution is -0.216. The monoisotopic (exact) mass is 950 g/mol. The fourth-order valence-electron chi connectivity index (χ4n) is 6.31. The molecule has 1 rings (SSSR count). The van der Waals surface area contributed by atoms with Gasteiger partial charge in [-0.2, -0.15) is 0 Å². The molecule has 64 heavy (non-hydrogen) atoms. The highest BCUT2D eigenvalue weighted by Crippen LogP contribution is 2.49. The first-order valence-electron chi connectivity index (χ1n) is 22.6. The SMILES string of the molecule is CC/C=C\C(O)C/C=C/C=C\C/C=C\C/C=C\CCCC(=O)O[C@H](COC(=O)CCCCCCC/C=C\CCCCCC)COP(=O)(O)O[C@H]1C(O)C(O)C(O)[C@@H](OP(=O)(O)O)C1O. The summed E-state index contributed by atoms with van der Waals surface area (Å²) in [4.78, 5) is 54.1. The van der Waals surface area contributed by atoms with Crippen LogP contribution in [0.3, 0.4) is 0 Å². The summed E-state index contributed by atoms with van der Waals surface area (Å²) in [5, 5.41) is 51.0. The molecule has 368 valence electrons. The van der Waals surface area contributed by atoms with Crippen LogP contribution >= 0.6 is 15.6 Å². The second kappa shape index (κ2) is 35.6. The van der Waals surface area contributed by atoms with Crippen LogP contribution in [0.15, 0.2) is 72.9 Å². The molecule has 0 aromatic heterocycles. The molecule has 0 aliphatic heterocycles. The Labute approximate surface area is 379 Å². The number of rotatable bonds is 36. The number of aliphatic hydroxyl groups is 5. The van der Waals surface area contributed by atoms with Gasteiger partial charge in [-0.3, -0.25) is 23.2 Å². The fourth-order valence-corrected chi connectivity index (χ4v) is 7.85. The first-order valence-corrected chi connectivity index (χ1v) is 25.6. The van der Waals surface area contributed by atoms with Crippen LogP contribution < -0.4 is 0 Å². The third-order valence-corrected chi connectivity index (χ3v) is 11.3. The van der Waals surface area contributed by atoms with Gasteiger partial charge in [-0.15, -0.1) is 0 Å². The van der Waals surface area contributed by atoms with Crippen LogP contribution in [0.25, 0.3) is 0 Å². The van der Waals surface area contributed by atoms with Crippen LogP contribution in [0.5, 0.6) is 0 Å². The van der Waals surface area contributed by atoms with Crippen molar-refractivity contribution in [1.82, 2.24) is 0 Å². The summed E-state index contributed by atoms with van der Waals surface area (Å²) in [7, 11) is -10.7. The maximum atomic E-state index is 13.0. The number of allylic oxidation sites excluding steroid dienone is 10. The molecular weight excluding hydrogens is 874 g/mol. The molecule has 0 amide bonds. The zero-order valence-corrected chi connectivity index (χ0v) is 39.3. The molecule has 0 spiro atoms. The number of hydrogen-bond acceptors (Lipinski definition) is 14. The molecule has 9 atom stereocenters. The van der Waals surface area contributed by atoms with Crippen molar-refractivity contribution >= 4 is 27.6 Å². The van der Waals surface area contributed by atoms with Gasteiger partial charge in [0, 0.05) is 12.8 Å². The van der Waals surface area contributed by atoms with Crippen LogP contribution in [0.2, 0.25) is 0 Å². The molecule has 0 saturated heterocycles. The highest BCUT2D eigenvalue weighted by Gasteiger charge is 2.54. The van der Waals surface area contributed by atoms with Crippen molar-refractivity contribution in [2.24, 2.45) is 0 Å². The minimum atomic E-state index is -5.38. The van der Waals surface area contributed by atoms with Gasteiger partial charge in [0.15, 0.2) is 6.10 Å². The quantitative estimate of drug-likeness (QED) is 0.0103. The summed E-state index contributed by atoms with van der Waals surface area (Å²) in [6.07, 6.45) is 23.6. The summed E-state index contributed by atoms with van der Waals surface area (Å²) in [6, 6.07) is 0. The number of unbranched alkanes of at least 4 members (excludes halogenated alkanes) is 10. The lowest BCUT2D eigenvalue weighted by atomic mass is 9.85. The zero-order chi connectivity index (χ0) is 47.6. The molecule has 0 bridgehead atoms. The lowest BCUT2D eigenvalue weighted by Crippen LogP contribution is -2.64. The van der Waals surface area contributed by atoms with Crippen molar-refractivity contribution in [2.75, 3.05) is 13.2 Å². The van der Waals surface area contributed by atoms with Gasteiger partial charge in [0.1, 0.15) is 43.2 Å². The molecule has 0 radical (unpaired) electrons. The molecule has 1 aliphatic rings. The summed E-state index contributed by atoms with van der Waals surface area (Å²) >= 11 is 0. The van der Waals surface area contributed by atoms with E-state index in [-0.39, 0.29) is 12.8 Å². The van der Waals surface area contributed by atoms with E-state index in [1.165, 1.54) is 25.7 Å². The number of carbonyl (C=O) groups excluding carboxylic acids is 2. The molecule has 19 heteroatoms. The molecule has 8 N–H and O–H groups in total. The minimum Gasteiger partial charge on any atom is -0.462 e. The van der Waals surface area contributed by atoms with Crippen molar-refractivity contribution in [1.29, 1.82) is 0 Å². The van der Waals surface area contributed by atoms with E-state index in [1.807, 2.05) is 61.6 Å². The van der Waals surface area contributed by atoms with E-state index in [0.29, 0.717) is 32.1 Å². The molecule has 1 fully saturated rings. The number of hydrogen-bond donors (Lipinski definition) is 8. The van der Waals surface area contributed by atoms with Crippen LogP contribution in [0.4, 0.5) is 0 Å². The predicted octanol–water partition coefficient (Wildman–Crippen LogP) is 7.03. The summed E-state index contributed by atoms with van der Waals surface area (Å²) in [5.41, 5.74) is 0. The Morgan fingerprint density at radius 1 is 0.594 bits per heavy atom.